The van der Waals surface area contributed by atoms with Crippen molar-refractivity contribution in [3.63, 3.8) is 0 Å². The van der Waals surface area contributed by atoms with Crippen molar-refractivity contribution in [2.75, 3.05) is 13.1 Å². The highest BCUT2D eigenvalue weighted by Gasteiger charge is 2.43. The summed E-state index contributed by atoms with van der Waals surface area (Å²) in [6.45, 7) is 11.8. The predicted molar refractivity (Wildman–Crippen MR) is 67.0 cm³/mol. The molecule has 1 fully saturated rings. The van der Waals surface area contributed by atoms with E-state index in [4.69, 9.17) is 5.73 Å². The van der Waals surface area contributed by atoms with Crippen LogP contribution in [0, 0.1) is 11.3 Å². The van der Waals surface area contributed by atoms with Gasteiger partial charge in [0.05, 0.1) is 5.41 Å². The first-order chi connectivity index (χ1) is 7.16. The van der Waals surface area contributed by atoms with Crippen LogP contribution in [-0.2, 0) is 4.79 Å². The topological polar surface area (TPSA) is 46.3 Å². The molecular weight excluding hydrogens is 200 g/mol. The summed E-state index contributed by atoms with van der Waals surface area (Å²) in [7, 11) is 0. The van der Waals surface area contributed by atoms with Gasteiger partial charge >= 0.3 is 0 Å². The van der Waals surface area contributed by atoms with Crippen molar-refractivity contribution in [2.45, 2.75) is 53.0 Å². The molecule has 1 aliphatic rings. The second kappa shape index (κ2) is 4.36. The average Bonchev–Trinajstić information content (AvgIpc) is 2.14. The number of nitrogens with zero attached hydrogens (tertiary/aromatic N) is 1. The molecule has 94 valence electrons. The number of carbonyl (C=O) groups excluding carboxylic acids is 1. The van der Waals surface area contributed by atoms with E-state index in [-0.39, 0.29) is 5.91 Å². The van der Waals surface area contributed by atoms with Crippen LogP contribution in [0.2, 0.25) is 0 Å². The molecule has 1 rings (SSSR count). The lowest BCUT2D eigenvalue weighted by Gasteiger charge is -2.42. The van der Waals surface area contributed by atoms with Crippen LogP contribution in [0.25, 0.3) is 0 Å². The minimum absolute atomic E-state index is 0.201. The summed E-state index contributed by atoms with van der Waals surface area (Å²) in [4.78, 5) is 14.4. The van der Waals surface area contributed by atoms with Crippen LogP contribution < -0.4 is 5.73 Å². The molecule has 1 saturated heterocycles. The van der Waals surface area contributed by atoms with Gasteiger partial charge in [0.1, 0.15) is 0 Å². The summed E-state index contributed by atoms with van der Waals surface area (Å²) in [6, 6.07) is 0. The standard InChI is InChI=1S/C13H26N2O/c1-10-7-6-8-15(9-10)11(16)12(2,3)13(4,5)14/h10H,6-9,14H2,1-5H3. The second-order valence-electron chi connectivity index (χ2n) is 6.35. The van der Waals surface area contributed by atoms with Gasteiger partial charge in [-0.25, -0.2) is 0 Å². The van der Waals surface area contributed by atoms with Crippen LogP contribution in [0.1, 0.15) is 47.5 Å². The van der Waals surface area contributed by atoms with Crippen LogP contribution in [0.15, 0.2) is 0 Å². The van der Waals surface area contributed by atoms with E-state index in [0.717, 1.165) is 19.5 Å². The monoisotopic (exact) mass is 226 g/mol. The zero-order valence-corrected chi connectivity index (χ0v) is 11.3. The minimum atomic E-state index is -0.496. The first-order valence-electron chi connectivity index (χ1n) is 6.24. The van der Waals surface area contributed by atoms with Crippen molar-refractivity contribution in [1.82, 2.24) is 4.90 Å². The Kier molecular flexibility index (Phi) is 3.68. The van der Waals surface area contributed by atoms with E-state index in [2.05, 4.69) is 6.92 Å². The summed E-state index contributed by atoms with van der Waals surface area (Å²) >= 11 is 0. The Morgan fingerprint density at radius 3 is 2.31 bits per heavy atom. The Morgan fingerprint density at radius 1 is 1.31 bits per heavy atom. The van der Waals surface area contributed by atoms with Crippen LogP contribution in [0.5, 0.6) is 0 Å². The number of rotatable bonds is 2. The van der Waals surface area contributed by atoms with Gasteiger partial charge < -0.3 is 10.6 Å². The average molecular weight is 226 g/mol. The Hall–Kier alpha value is -0.570. The number of piperidine rings is 1. The van der Waals surface area contributed by atoms with Gasteiger partial charge in [0.15, 0.2) is 0 Å². The molecule has 0 aromatic carbocycles. The van der Waals surface area contributed by atoms with Gasteiger partial charge in [0.2, 0.25) is 5.91 Å². The highest BCUT2D eigenvalue weighted by Crippen LogP contribution is 2.32. The Balaban J connectivity index is 2.77. The zero-order chi connectivity index (χ0) is 12.6. The minimum Gasteiger partial charge on any atom is -0.342 e. The van der Waals surface area contributed by atoms with Gasteiger partial charge in [-0.15, -0.1) is 0 Å². The number of nitrogens with two attached hydrogens (primary N) is 1. The van der Waals surface area contributed by atoms with Crippen LogP contribution in [0.3, 0.4) is 0 Å². The van der Waals surface area contributed by atoms with E-state index in [0.29, 0.717) is 5.92 Å². The molecule has 0 spiro atoms. The van der Waals surface area contributed by atoms with Crippen molar-refractivity contribution >= 4 is 5.91 Å². The molecule has 0 aromatic heterocycles. The summed E-state index contributed by atoms with van der Waals surface area (Å²) in [5.41, 5.74) is 5.13. The summed E-state index contributed by atoms with van der Waals surface area (Å²) < 4.78 is 0. The lowest BCUT2D eigenvalue weighted by atomic mass is 9.73. The van der Waals surface area contributed by atoms with E-state index in [1.54, 1.807) is 0 Å². The highest BCUT2D eigenvalue weighted by molar-refractivity contribution is 5.83. The SMILES string of the molecule is CC1CCCN(C(=O)C(C)(C)C(C)(C)N)C1. The summed E-state index contributed by atoms with van der Waals surface area (Å²) in [5.74, 6) is 0.820. The number of likely N-dealkylation sites (tertiary alicyclic amines) is 1. The molecule has 16 heavy (non-hydrogen) atoms. The Morgan fingerprint density at radius 2 is 1.88 bits per heavy atom. The maximum Gasteiger partial charge on any atom is 0.230 e. The maximum atomic E-state index is 12.5. The van der Waals surface area contributed by atoms with Gasteiger partial charge in [-0.1, -0.05) is 6.92 Å². The lowest BCUT2D eigenvalue weighted by molar-refractivity contribution is -0.145. The molecule has 0 saturated carbocycles. The van der Waals surface area contributed by atoms with E-state index < -0.39 is 11.0 Å². The predicted octanol–water partition coefficient (Wildman–Crippen LogP) is 2.01. The van der Waals surface area contributed by atoms with E-state index >= 15 is 0 Å². The van der Waals surface area contributed by atoms with Crippen LogP contribution in [-0.4, -0.2) is 29.4 Å². The number of hydrogen-bond donors (Lipinski definition) is 1. The van der Waals surface area contributed by atoms with Crippen molar-refractivity contribution in [3.8, 4) is 0 Å². The number of amides is 1. The molecular formula is C13H26N2O. The normalized spacial score (nSPS) is 23.4. The quantitative estimate of drug-likeness (QED) is 0.783. The number of carbonyl (C=O) groups is 1. The Bertz CT molecular complexity index is 266. The third-order valence-corrected chi connectivity index (χ3v) is 4.09. The smallest absolute Gasteiger partial charge is 0.230 e. The van der Waals surface area contributed by atoms with Crippen molar-refractivity contribution in [2.24, 2.45) is 17.1 Å². The molecule has 1 heterocycles. The van der Waals surface area contributed by atoms with Gasteiger partial charge in [-0.2, -0.15) is 0 Å². The third kappa shape index (κ3) is 2.57. The van der Waals surface area contributed by atoms with Crippen LogP contribution >= 0.6 is 0 Å². The molecule has 3 nitrogen and oxygen atoms in total. The van der Waals surface area contributed by atoms with Gasteiger partial charge in [-0.3, -0.25) is 4.79 Å². The van der Waals surface area contributed by atoms with Gasteiger partial charge in [0, 0.05) is 18.6 Å². The largest absolute Gasteiger partial charge is 0.342 e. The molecule has 0 aromatic rings. The summed E-state index contributed by atoms with van der Waals surface area (Å²) in [5, 5.41) is 0. The Labute approximate surface area is 99.4 Å². The van der Waals surface area contributed by atoms with E-state index in [9.17, 15) is 4.79 Å². The first-order valence-corrected chi connectivity index (χ1v) is 6.24. The van der Waals surface area contributed by atoms with Crippen LogP contribution in [0.4, 0.5) is 0 Å². The second-order valence-corrected chi connectivity index (χ2v) is 6.35. The maximum absolute atomic E-state index is 12.5. The third-order valence-electron chi connectivity index (χ3n) is 4.09. The zero-order valence-electron chi connectivity index (χ0n) is 11.3. The fraction of sp³-hybridized carbons (Fsp3) is 0.923. The number of hydrogen-bond acceptors (Lipinski definition) is 2. The molecule has 2 N–H and O–H groups in total. The molecule has 1 aliphatic heterocycles. The molecule has 0 aliphatic carbocycles. The van der Waals surface area contributed by atoms with Crippen molar-refractivity contribution in [1.29, 1.82) is 0 Å². The van der Waals surface area contributed by atoms with Gasteiger partial charge in [0.25, 0.3) is 0 Å². The van der Waals surface area contributed by atoms with Crippen molar-refractivity contribution in [3.05, 3.63) is 0 Å². The molecule has 1 unspecified atom stereocenters. The van der Waals surface area contributed by atoms with Gasteiger partial charge in [-0.05, 0) is 46.5 Å². The van der Waals surface area contributed by atoms with E-state index in [1.807, 2.05) is 32.6 Å². The highest BCUT2D eigenvalue weighted by atomic mass is 16.2. The first kappa shape index (κ1) is 13.5. The molecule has 1 amide bonds. The molecule has 1 atom stereocenters. The fourth-order valence-electron chi connectivity index (χ4n) is 2.04. The van der Waals surface area contributed by atoms with E-state index in [1.165, 1.54) is 6.42 Å². The van der Waals surface area contributed by atoms with Crippen molar-refractivity contribution < 1.29 is 4.79 Å². The molecule has 0 bridgehead atoms. The molecule has 3 heteroatoms. The summed E-state index contributed by atoms with van der Waals surface area (Å²) in [6.07, 6.45) is 2.35. The lowest BCUT2D eigenvalue weighted by Crippen LogP contribution is -2.57. The fourth-order valence-corrected chi connectivity index (χ4v) is 2.04. The molecule has 0 radical (unpaired) electrons.